The number of nitrogens with one attached hydrogen (secondary N) is 1. The zero-order valence-corrected chi connectivity index (χ0v) is 15.2. The molecular weight excluding hydrogens is 328 g/mol. The third-order valence-corrected chi connectivity index (χ3v) is 4.95. The molecule has 1 heterocycles. The van der Waals surface area contributed by atoms with Crippen LogP contribution in [0.1, 0.15) is 59.4 Å². The van der Waals surface area contributed by atoms with Crippen molar-refractivity contribution < 1.29 is 14.4 Å². The molecule has 1 aliphatic heterocycles. The first-order valence-electron chi connectivity index (χ1n) is 8.82. The molecule has 26 heavy (non-hydrogen) atoms. The van der Waals surface area contributed by atoms with E-state index in [1.165, 1.54) is 0 Å². The summed E-state index contributed by atoms with van der Waals surface area (Å²) >= 11 is 0. The minimum Gasteiger partial charge on any atom is -0.324 e. The minimum atomic E-state index is -0.896. The maximum Gasteiger partial charge on any atom is 0.262 e. The van der Waals surface area contributed by atoms with Crippen LogP contribution in [0.2, 0.25) is 0 Å². The lowest BCUT2D eigenvalue weighted by Gasteiger charge is -2.23. The second kappa shape index (κ2) is 7.12. The topological polar surface area (TPSA) is 66.5 Å². The fraction of sp³-hybridized carbons (Fsp3) is 0.286. The van der Waals surface area contributed by atoms with Gasteiger partial charge in [0.05, 0.1) is 11.1 Å². The summed E-state index contributed by atoms with van der Waals surface area (Å²) in [5.74, 6) is -0.941. The van der Waals surface area contributed by atoms with E-state index in [0.29, 0.717) is 17.0 Å². The summed E-state index contributed by atoms with van der Waals surface area (Å²) in [6.07, 6.45) is 0.945. The number of fused-ring (bicyclic) bond motifs is 1. The number of carbonyl (C=O) groups is 3. The SMILES string of the molecule is CCC(C)c1ccccc1NC(=O)C(C)N1C(=O)c2ccccc2C1=O. The van der Waals surface area contributed by atoms with Crippen molar-refractivity contribution in [2.45, 2.75) is 39.2 Å². The van der Waals surface area contributed by atoms with Crippen LogP contribution in [0.3, 0.4) is 0 Å². The number of amides is 3. The lowest BCUT2D eigenvalue weighted by atomic mass is 9.97. The van der Waals surface area contributed by atoms with Gasteiger partial charge in [0.1, 0.15) is 6.04 Å². The Balaban J connectivity index is 1.82. The van der Waals surface area contributed by atoms with Crippen LogP contribution >= 0.6 is 0 Å². The van der Waals surface area contributed by atoms with Crippen LogP contribution in [0.25, 0.3) is 0 Å². The Morgan fingerprint density at radius 3 is 2.08 bits per heavy atom. The van der Waals surface area contributed by atoms with Crippen LogP contribution in [0.5, 0.6) is 0 Å². The minimum absolute atomic E-state index is 0.293. The molecule has 2 aromatic carbocycles. The normalized spacial score (nSPS) is 15.6. The summed E-state index contributed by atoms with van der Waals surface area (Å²) in [6, 6.07) is 13.4. The highest BCUT2D eigenvalue weighted by Crippen LogP contribution is 2.28. The zero-order valence-electron chi connectivity index (χ0n) is 15.2. The third-order valence-electron chi connectivity index (χ3n) is 4.95. The molecule has 0 aliphatic carbocycles. The predicted octanol–water partition coefficient (Wildman–Crippen LogP) is 3.82. The van der Waals surface area contributed by atoms with Crippen molar-refractivity contribution in [3.8, 4) is 0 Å². The highest BCUT2D eigenvalue weighted by atomic mass is 16.2. The highest BCUT2D eigenvalue weighted by Gasteiger charge is 2.40. The summed E-state index contributed by atoms with van der Waals surface area (Å²) in [7, 11) is 0. The Morgan fingerprint density at radius 2 is 1.50 bits per heavy atom. The summed E-state index contributed by atoms with van der Waals surface area (Å²) in [4.78, 5) is 38.9. The van der Waals surface area contributed by atoms with Crippen molar-refractivity contribution in [3.05, 3.63) is 65.2 Å². The number of hydrogen-bond acceptors (Lipinski definition) is 3. The first-order valence-corrected chi connectivity index (χ1v) is 8.82. The Kier molecular flexibility index (Phi) is 4.89. The molecule has 0 spiro atoms. The van der Waals surface area contributed by atoms with Crippen molar-refractivity contribution in [2.24, 2.45) is 0 Å². The number of imide groups is 1. The fourth-order valence-corrected chi connectivity index (χ4v) is 3.17. The summed E-state index contributed by atoms with van der Waals surface area (Å²) in [6.45, 7) is 5.76. The van der Waals surface area contributed by atoms with Gasteiger partial charge < -0.3 is 5.32 Å². The van der Waals surface area contributed by atoms with Gasteiger partial charge in [-0.25, -0.2) is 0 Å². The zero-order chi connectivity index (χ0) is 18.8. The molecule has 2 atom stereocenters. The second-order valence-corrected chi connectivity index (χ2v) is 6.59. The van der Waals surface area contributed by atoms with Crippen LogP contribution in [-0.2, 0) is 4.79 Å². The maximum atomic E-state index is 12.7. The average molecular weight is 350 g/mol. The average Bonchev–Trinajstić information content (AvgIpc) is 2.92. The number of nitrogens with zero attached hydrogens (tertiary/aromatic N) is 1. The number of rotatable bonds is 5. The van der Waals surface area contributed by atoms with Gasteiger partial charge in [0.2, 0.25) is 5.91 Å². The third kappa shape index (κ3) is 3.01. The molecule has 0 fully saturated rings. The van der Waals surface area contributed by atoms with E-state index < -0.39 is 17.9 Å². The quantitative estimate of drug-likeness (QED) is 0.834. The van der Waals surface area contributed by atoms with Gasteiger partial charge in [-0.15, -0.1) is 0 Å². The Bertz CT molecular complexity index is 840. The molecule has 1 N–H and O–H groups in total. The van der Waals surface area contributed by atoms with Crippen molar-refractivity contribution >= 4 is 23.4 Å². The summed E-state index contributed by atoms with van der Waals surface area (Å²) in [5.41, 5.74) is 2.45. The molecule has 134 valence electrons. The molecule has 5 nitrogen and oxygen atoms in total. The van der Waals surface area contributed by atoms with E-state index in [1.807, 2.05) is 24.3 Å². The number of anilines is 1. The Labute approximate surface area is 153 Å². The first kappa shape index (κ1) is 17.9. The Morgan fingerprint density at radius 1 is 0.962 bits per heavy atom. The van der Waals surface area contributed by atoms with E-state index >= 15 is 0 Å². The van der Waals surface area contributed by atoms with Crippen molar-refractivity contribution in [1.29, 1.82) is 0 Å². The molecule has 3 amide bonds. The highest BCUT2D eigenvalue weighted by molar-refractivity contribution is 6.23. The molecule has 0 saturated carbocycles. The van der Waals surface area contributed by atoms with Crippen LogP contribution in [0.4, 0.5) is 5.69 Å². The second-order valence-electron chi connectivity index (χ2n) is 6.59. The number of carbonyl (C=O) groups excluding carboxylic acids is 3. The lowest BCUT2D eigenvalue weighted by Crippen LogP contribution is -2.45. The predicted molar refractivity (Wildman–Crippen MR) is 100 cm³/mol. The van der Waals surface area contributed by atoms with Gasteiger partial charge in [-0.05, 0) is 43.0 Å². The van der Waals surface area contributed by atoms with Crippen LogP contribution in [0, 0.1) is 0 Å². The van der Waals surface area contributed by atoms with E-state index in [1.54, 1.807) is 31.2 Å². The van der Waals surface area contributed by atoms with E-state index in [2.05, 4.69) is 19.2 Å². The molecule has 0 aromatic heterocycles. The van der Waals surface area contributed by atoms with Crippen LogP contribution in [0.15, 0.2) is 48.5 Å². The molecule has 3 rings (SSSR count). The molecule has 2 unspecified atom stereocenters. The molecule has 2 aromatic rings. The number of benzene rings is 2. The lowest BCUT2D eigenvalue weighted by molar-refractivity contribution is -0.119. The van der Waals surface area contributed by atoms with E-state index in [0.717, 1.165) is 22.6 Å². The van der Waals surface area contributed by atoms with E-state index in [4.69, 9.17) is 0 Å². The molecule has 0 bridgehead atoms. The van der Waals surface area contributed by atoms with Gasteiger partial charge in [0.25, 0.3) is 11.8 Å². The maximum absolute atomic E-state index is 12.7. The van der Waals surface area contributed by atoms with Gasteiger partial charge in [-0.1, -0.05) is 44.2 Å². The van der Waals surface area contributed by atoms with Crippen LogP contribution in [-0.4, -0.2) is 28.7 Å². The summed E-state index contributed by atoms with van der Waals surface area (Å²) < 4.78 is 0. The van der Waals surface area contributed by atoms with Crippen molar-refractivity contribution in [3.63, 3.8) is 0 Å². The van der Waals surface area contributed by atoms with E-state index in [-0.39, 0.29) is 5.91 Å². The number of hydrogen-bond donors (Lipinski definition) is 1. The first-order chi connectivity index (χ1) is 12.5. The van der Waals surface area contributed by atoms with Gasteiger partial charge in [0.15, 0.2) is 0 Å². The molecule has 0 radical (unpaired) electrons. The largest absolute Gasteiger partial charge is 0.324 e. The molecular formula is C21H22N2O3. The van der Waals surface area contributed by atoms with E-state index in [9.17, 15) is 14.4 Å². The Hall–Kier alpha value is -2.95. The van der Waals surface area contributed by atoms with Gasteiger partial charge in [-0.3, -0.25) is 19.3 Å². The number of para-hydroxylation sites is 1. The van der Waals surface area contributed by atoms with Crippen molar-refractivity contribution in [2.75, 3.05) is 5.32 Å². The molecule has 1 aliphatic rings. The van der Waals surface area contributed by atoms with Crippen molar-refractivity contribution in [1.82, 2.24) is 4.90 Å². The smallest absolute Gasteiger partial charge is 0.262 e. The molecule has 5 heteroatoms. The van der Waals surface area contributed by atoms with Gasteiger partial charge in [0, 0.05) is 5.69 Å². The molecule has 0 saturated heterocycles. The monoisotopic (exact) mass is 350 g/mol. The van der Waals surface area contributed by atoms with Gasteiger partial charge in [-0.2, -0.15) is 0 Å². The standard InChI is InChI=1S/C21H22N2O3/c1-4-13(2)15-9-7-8-12-18(15)22-19(24)14(3)23-20(25)16-10-5-6-11-17(16)21(23)26/h5-14H,4H2,1-3H3,(H,22,24). The van der Waals surface area contributed by atoms with Crippen LogP contribution < -0.4 is 5.32 Å². The fourth-order valence-electron chi connectivity index (χ4n) is 3.17. The van der Waals surface area contributed by atoms with Gasteiger partial charge >= 0.3 is 0 Å². The summed E-state index contributed by atoms with van der Waals surface area (Å²) in [5, 5.41) is 2.89.